The quantitative estimate of drug-likeness (QED) is 0.120. The highest BCUT2D eigenvalue weighted by Gasteiger charge is 2.34. The van der Waals surface area contributed by atoms with Crippen molar-refractivity contribution in [1.82, 2.24) is 19.8 Å². The lowest BCUT2D eigenvalue weighted by Gasteiger charge is -2.40. The number of nitrogens with one attached hydrogen (secondary N) is 1. The number of ether oxygens (including phenoxy) is 8. The Kier molecular flexibility index (Phi) is 19.3. The second-order valence-electron chi connectivity index (χ2n) is 15.9. The summed E-state index contributed by atoms with van der Waals surface area (Å²) in [6, 6.07) is 8.99. The molecule has 3 aliphatic rings. The Morgan fingerprint density at radius 3 is 1.92 bits per heavy atom. The van der Waals surface area contributed by atoms with Crippen molar-refractivity contribution in [1.29, 1.82) is 0 Å². The Labute approximate surface area is 348 Å². The molecule has 1 aliphatic carbocycles. The first-order valence-electron chi connectivity index (χ1n) is 21.1. The monoisotopic (exact) mass is 830 g/mol. The minimum atomic E-state index is -0.504. The first-order valence-corrected chi connectivity index (χ1v) is 21.1. The number of fused-ring (bicyclic) bond motifs is 1. The number of aromatic nitrogens is 2. The summed E-state index contributed by atoms with van der Waals surface area (Å²) in [6.07, 6.45) is 4.67. The van der Waals surface area contributed by atoms with Gasteiger partial charge >= 0.3 is 12.2 Å². The van der Waals surface area contributed by atoms with E-state index in [-0.39, 0.29) is 38.5 Å². The number of hydrogen-bond acceptors (Lipinski definition) is 15. The largest absolute Gasteiger partial charge is 0.444 e. The lowest BCUT2D eigenvalue weighted by Crippen LogP contribution is -2.50. The molecule has 1 aromatic heterocycles. The van der Waals surface area contributed by atoms with Crippen molar-refractivity contribution in [2.45, 2.75) is 71.2 Å². The van der Waals surface area contributed by atoms with Crippen LogP contribution in [0.2, 0.25) is 0 Å². The number of nitrogens with zero attached hydrogens (tertiary/aromatic N) is 5. The number of rotatable bonds is 27. The second kappa shape index (κ2) is 24.5. The fraction of sp³-hybridized carbons (Fsp3) is 0.714. The van der Waals surface area contributed by atoms with E-state index in [1.807, 2.05) is 25.7 Å². The third-order valence-electron chi connectivity index (χ3n) is 10.1. The summed E-state index contributed by atoms with van der Waals surface area (Å²) in [7, 11) is 0. The summed E-state index contributed by atoms with van der Waals surface area (Å²) in [4.78, 5) is 40.5. The molecule has 2 fully saturated rings. The number of carbonyl (C=O) groups is 2. The van der Waals surface area contributed by atoms with Crippen molar-refractivity contribution in [2.75, 3.05) is 129 Å². The second-order valence-corrected chi connectivity index (χ2v) is 15.9. The molecule has 0 radical (unpaired) electrons. The maximum Gasteiger partial charge on any atom is 0.415 e. The standard InChI is InChI=1S/C42H66N6O11/c1-32(34-7-9-35(10-8-34)37(29-33-5-6-33)46-11-13-47(14-12-46)40(50)59-42(2,3)4)44-39-43-30-36-31-58-41(51)48(38(36)45-39)15-17-52-19-21-54-23-25-56-27-28-57-26-24-55-22-20-53-18-16-49/h7-10,30,32-33,37,49H,5-6,11-29,31H2,1-4H3,(H,43,44,45)/t32-,37-/m0/s1. The van der Waals surface area contributed by atoms with Gasteiger partial charge in [0.25, 0.3) is 0 Å². The molecule has 1 aromatic carbocycles. The average molecular weight is 831 g/mol. The normalized spacial score (nSPS) is 17.1. The van der Waals surface area contributed by atoms with E-state index in [4.69, 9.17) is 48.0 Å². The van der Waals surface area contributed by atoms with Crippen LogP contribution in [0.25, 0.3) is 0 Å². The van der Waals surface area contributed by atoms with Crippen LogP contribution in [0, 0.1) is 5.92 Å². The molecule has 1 saturated heterocycles. The summed E-state index contributed by atoms with van der Waals surface area (Å²) in [5.74, 6) is 1.68. The molecule has 0 spiro atoms. The lowest BCUT2D eigenvalue weighted by atomic mass is 9.96. The fourth-order valence-electron chi connectivity index (χ4n) is 6.72. The van der Waals surface area contributed by atoms with Crippen LogP contribution in [0.4, 0.5) is 21.4 Å². The number of aliphatic hydroxyl groups is 1. The zero-order valence-corrected chi connectivity index (χ0v) is 35.4. The Hall–Kier alpha value is -3.68. The molecular formula is C42H66N6O11. The van der Waals surface area contributed by atoms with Gasteiger partial charge < -0.3 is 53.2 Å². The van der Waals surface area contributed by atoms with Gasteiger partial charge in [-0.05, 0) is 51.2 Å². The Balaban J connectivity index is 0.996. The number of anilines is 2. The van der Waals surface area contributed by atoms with Gasteiger partial charge in [0.05, 0.1) is 104 Å². The Morgan fingerprint density at radius 2 is 1.37 bits per heavy atom. The molecule has 2 N–H and O–H groups in total. The molecule has 330 valence electrons. The summed E-state index contributed by atoms with van der Waals surface area (Å²) in [6.45, 7) is 16.1. The number of aliphatic hydroxyl groups excluding tert-OH is 1. The predicted molar refractivity (Wildman–Crippen MR) is 220 cm³/mol. The van der Waals surface area contributed by atoms with Crippen LogP contribution in [0.3, 0.4) is 0 Å². The van der Waals surface area contributed by atoms with Crippen LogP contribution < -0.4 is 10.2 Å². The molecule has 0 unspecified atom stereocenters. The topological polar surface area (TPSA) is 176 Å². The predicted octanol–water partition coefficient (Wildman–Crippen LogP) is 4.59. The molecule has 2 atom stereocenters. The highest BCUT2D eigenvalue weighted by atomic mass is 16.6. The SMILES string of the molecule is C[C@H](Nc1ncc2c(n1)N(CCOCCOCCOCCOCCOCCOCCO)C(=O)OC2)c1ccc([C@H](CC2CC2)N2CCN(C(=O)OC(C)(C)C)CC2)cc1. The summed E-state index contributed by atoms with van der Waals surface area (Å²) in [5.41, 5.74) is 2.60. The van der Waals surface area contributed by atoms with Gasteiger partial charge in [-0.2, -0.15) is 4.98 Å². The maximum atomic E-state index is 12.8. The maximum absolute atomic E-state index is 12.8. The van der Waals surface area contributed by atoms with Gasteiger partial charge in [0.15, 0.2) is 0 Å². The van der Waals surface area contributed by atoms with Crippen molar-refractivity contribution in [3.05, 3.63) is 47.2 Å². The average Bonchev–Trinajstić information content (AvgIpc) is 4.05. The van der Waals surface area contributed by atoms with Crippen LogP contribution in [0.1, 0.15) is 75.7 Å². The first-order chi connectivity index (χ1) is 28.6. The first kappa shape index (κ1) is 46.4. The molecule has 17 nitrogen and oxygen atoms in total. The van der Waals surface area contributed by atoms with Gasteiger partial charge in [-0.15, -0.1) is 0 Å². The molecule has 2 aromatic rings. The van der Waals surface area contributed by atoms with Crippen molar-refractivity contribution in [3.63, 3.8) is 0 Å². The molecule has 2 aliphatic heterocycles. The van der Waals surface area contributed by atoms with Crippen molar-refractivity contribution < 1.29 is 52.6 Å². The molecule has 17 heteroatoms. The van der Waals surface area contributed by atoms with E-state index in [2.05, 4.69) is 46.4 Å². The van der Waals surface area contributed by atoms with Gasteiger partial charge in [-0.25, -0.2) is 14.6 Å². The summed E-state index contributed by atoms with van der Waals surface area (Å²) in [5, 5.41) is 12.1. The van der Waals surface area contributed by atoms with E-state index in [0.29, 0.717) is 104 Å². The zero-order chi connectivity index (χ0) is 41.9. The highest BCUT2D eigenvalue weighted by molar-refractivity contribution is 5.89. The molecule has 3 heterocycles. The van der Waals surface area contributed by atoms with Crippen molar-refractivity contribution in [2.24, 2.45) is 5.92 Å². The van der Waals surface area contributed by atoms with Gasteiger partial charge in [-0.3, -0.25) is 9.80 Å². The summed E-state index contributed by atoms with van der Waals surface area (Å²) < 4.78 is 43.8. The zero-order valence-electron chi connectivity index (χ0n) is 35.4. The van der Waals surface area contributed by atoms with E-state index in [1.165, 1.54) is 23.3 Å². The third kappa shape index (κ3) is 16.4. The molecule has 0 bridgehead atoms. The minimum Gasteiger partial charge on any atom is -0.444 e. The van der Waals surface area contributed by atoms with Gasteiger partial charge in [0, 0.05) is 38.4 Å². The molecule has 2 amide bonds. The fourth-order valence-corrected chi connectivity index (χ4v) is 6.72. The van der Waals surface area contributed by atoms with E-state index < -0.39 is 11.7 Å². The number of benzene rings is 1. The van der Waals surface area contributed by atoms with E-state index in [9.17, 15) is 9.59 Å². The number of piperazine rings is 1. The van der Waals surface area contributed by atoms with Crippen LogP contribution >= 0.6 is 0 Å². The van der Waals surface area contributed by atoms with E-state index >= 15 is 0 Å². The smallest absolute Gasteiger partial charge is 0.415 e. The van der Waals surface area contributed by atoms with Gasteiger partial charge in [0.1, 0.15) is 18.0 Å². The van der Waals surface area contributed by atoms with Crippen LogP contribution in [-0.4, -0.2) is 161 Å². The molecule has 59 heavy (non-hydrogen) atoms. The number of cyclic esters (lactones) is 1. The van der Waals surface area contributed by atoms with Crippen molar-refractivity contribution in [3.8, 4) is 0 Å². The summed E-state index contributed by atoms with van der Waals surface area (Å²) >= 11 is 0. The van der Waals surface area contributed by atoms with E-state index in [0.717, 1.165) is 36.6 Å². The van der Waals surface area contributed by atoms with Gasteiger partial charge in [-0.1, -0.05) is 37.1 Å². The van der Waals surface area contributed by atoms with Crippen LogP contribution in [0.15, 0.2) is 30.5 Å². The lowest BCUT2D eigenvalue weighted by molar-refractivity contribution is -0.0179. The van der Waals surface area contributed by atoms with Crippen LogP contribution in [0.5, 0.6) is 0 Å². The van der Waals surface area contributed by atoms with E-state index in [1.54, 1.807) is 6.20 Å². The molecular weight excluding hydrogens is 764 g/mol. The van der Waals surface area contributed by atoms with Gasteiger partial charge in [0.2, 0.25) is 5.95 Å². The Morgan fingerprint density at radius 1 is 0.831 bits per heavy atom. The molecule has 1 saturated carbocycles. The highest BCUT2D eigenvalue weighted by Crippen LogP contribution is 2.40. The Bertz CT molecular complexity index is 1540. The molecule has 5 rings (SSSR count). The third-order valence-corrected chi connectivity index (χ3v) is 10.1. The minimum absolute atomic E-state index is 0.00896. The number of carbonyl (C=O) groups excluding carboxylic acids is 2. The number of hydrogen-bond donors (Lipinski definition) is 2. The van der Waals surface area contributed by atoms with Crippen LogP contribution in [-0.2, 0) is 44.5 Å². The number of amides is 2. The van der Waals surface area contributed by atoms with Crippen molar-refractivity contribution >= 4 is 24.0 Å².